The second kappa shape index (κ2) is 5.44. The maximum absolute atomic E-state index is 5.72. The van der Waals surface area contributed by atoms with E-state index in [1.165, 1.54) is 18.4 Å². The smallest absolute Gasteiger partial charge is 0.165 e. The zero-order valence-electron chi connectivity index (χ0n) is 10.5. The van der Waals surface area contributed by atoms with Crippen LogP contribution >= 0.6 is 0 Å². The highest BCUT2D eigenvalue weighted by atomic mass is 16.6. The summed E-state index contributed by atoms with van der Waals surface area (Å²) in [4.78, 5) is 0. The van der Waals surface area contributed by atoms with Crippen LogP contribution in [-0.4, -0.2) is 19.3 Å². The molecule has 18 heavy (non-hydrogen) atoms. The molecule has 1 aliphatic carbocycles. The van der Waals surface area contributed by atoms with Crippen LogP contribution in [0.5, 0.6) is 11.5 Å². The summed E-state index contributed by atoms with van der Waals surface area (Å²) in [6.45, 7) is 2.15. The number of nitrogens with one attached hydrogen (secondary N) is 1. The lowest BCUT2D eigenvalue weighted by atomic mass is 10.0. The SMILES string of the molecule is C1=CCC(NCc2cccc3c2OCCO3)CC1. The monoisotopic (exact) mass is 245 g/mol. The van der Waals surface area contributed by atoms with Crippen molar-refractivity contribution >= 4 is 0 Å². The van der Waals surface area contributed by atoms with Crippen molar-refractivity contribution in [1.29, 1.82) is 0 Å². The summed E-state index contributed by atoms with van der Waals surface area (Å²) in [5.41, 5.74) is 1.20. The fourth-order valence-corrected chi connectivity index (χ4v) is 2.51. The Hall–Kier alpha value is -1.48. The Morgan fingerprint density at radius 3 is 3.00 bits per heavy atom. The molecule has 0 bridgehead atoms. The van der Waals surface area contributed by atoms with Gasteiger partial charge in [-0.15, -0.1) is 0 Å². The lowest BCUT2D eigenvalue weighted by Crippen LogP contribution is -2.29. The Morgan fingerprint density at radius 2 is 2.11 bits per heavy atom. The number of rotatable bonds is 3. The Kier molecular flexibility index (Phi) is 3.51. The fourth-order valence-electron chi connectivity index (χ4n) is 2.51. The Bertz CT molecular complexity index is 442. The van der Waals surface area contributed by atoms with Crippen molar-refractivity contribution < 1.29 is 9.47 Å². The number of fused-ring (bicyclic) bond motifs is 1. The summed E-state index contributed by atoms with van der Waals surface area (Å²) in [5.74, 6) is 1.80. The van der Waals surface area contributed by atoms with E-state index in [4.69, 9.17) is 9.47 Å². The molecule has 0 saturated carbocycles. The van der Waals surface area contributed by atoms with Crippen LogP contribution in [0.25, 0.3) is 0 Å². The van der Waals surface area contributed by atoms with Gasteiger partial charge in [-0.1, -0.05) is 24.3 Å². The average molecular weight is 245 g/mol. The molecule has 3 nitrogen and oxygen atoms in total. The van der Waals surface area contributed by atoms with E-state index in [1.807, 2.05) is 12.1 Å². The number of hydrogen-bond donors (Lipinski definition) is 1. The normalized spacial score (nSPS) is 21.9. The van der Waals surface area contributed by atoms with Crippen molar-refractivity contribution in [3.8, 4) is 11.5 Å². The van der Waals surface area contributed by atoms with Gasteiger partial charge >= 0.3 is 0 Å². The largest absolute Gasteiger partial charge is 0.486 e. The third kappa shape index (κ3) is 2.51. The lowest BCUT2D eigenvalue weighted by molar-refractivity contribution is 0.169. The third-order valence-electron chi connectivity index (χ3n) is 3.50. The maximum atomic E-state index is 5.72. The van der Waals surface area contributed by atoms with Crippen LogP contribution in [0.1, 0.15) is 24.8 Å². The molecule has 0 radical (unpaired) electrons. The van der Waals surface area contributed by atoms with E-state index >= 15 is 0 Å². The first-order valence-corrected chi connectivity index (χ1v) is 6.69. The highest BCUT2D eigenvalue weighted by Gasteiger charge is 2.16. The number of ether oxygens (including phenoxy) is 2. The topological polar surface area (TPSA) is 30.5 Å². The van der Waals surface area contributed by atoms with Crippen molar-refractivity contribution in [2.45, 2.75) is 31.8 Å². The van der Waals surface area contributed by atoms with Gasteiger partial charge in [-0.25, -0.2) is 0 Å². The van der Waals surface area contributed by atoms with E-state index in [9.17, 15) is 0 Å². The molecule has 3 heteroatoms. The number of benzene rings is 1. The van der Waals surface area contributed by atoms with Crippen molar-refractivity contribution in [3.05, 3.63) is 35.9 Å². The molecule has 96 valence electrons. The van der Waals surface area contributed by atoms with E-state index < -0.39 is 0 Å². The molecular weight excluding hydrogens is 226 g/mol. The Labute approximate surface area is 108 Å². The van der Waals surface area contributed by atoms with E-state index in [0.717, 1.165) is 24.5 Å². The second-order valence-electron chi connectivity index (χ2n) is 4.80. The highest BCUT2D eigenvalue weighted by Crippen LogP contribution is 2.33. The van der Waals surface area contributed by atoms with Crippen LogP contribution in [0, 0.1) is 0 Å². The standard InChI is InChI=1S/C15H19NO2/c1-2-6-13(7-3-1)16-11-12-5-4-8-14-15(12)18-10-9-17-14/h1-2,4-5,8,13,16H,3,6-7,9-11H2. The molecule has 1 N–H and O–H groups in total. The average Bonchev–Trinajstić information content (AvgIpc) is 2.46. The molecule has 0 fully saturated rings. The minimum Gasteiger partial charge on any atom is -0.486 e. The summed E-state index contributed by atoms with van der Waals surface area (Å²) in [6, 6.07) is 6.71. The first kappa shape index (κ1) is 11.6. The van der Waals surface area contributed by atoms with E-state index in [2.05, 4.69) is 23.5 Å². The van der Waals surface area contributed by atoms with Gasteiger partial charge in [0.25, 0.3) is 0 Å². The summed E-state index contributed by atoms with van der Waals surface area (Å²) in [7, 11) is 0. The van der Waals surface area contributed by atoms with Gasteiger partial charge in [0.1, 0.15) is 13.2 Å². The number of para-hydroxylation sites is 1. The molecule has 3 rings (SSSR count). The van der Waals surface area contributed by atoms with Crippen molar-refractivity contribution in [2.75, 3.05) is 13.2 Å². The highest BCUT2D eigenvalue weighted by molar-refractivity contribution is 5.47. The zero-order valence-corrected chi connectivity index (χ0v) is 10.5. The van der Waals surface area contributed by atoms with Gasteiger partial charge in [-0.05, 0) is 25.3 Å². The van der Waals surface area contributed by atoms with Crippen LogP contribution in [0.15, 0.2) is 30.4 Å². The molecule has 1 atom stereocenters. The van der Waals surface area contributed by atoms with Crippen LogP contribution in [0.2, 0.25) is 0 Å². The molecule has 0 spiro atoms. The Balaban J connectivity index is 1.67. The second-order valence-corrected chi connectivity index (χ2v) is 4.80. The zero-order chi connectivity index (χ0) is 12.2. The summed E-state index contributed by atoms with van der Waals surface area (Å²) < 4.78 is 11.3. The number of hydrogen-bond acceptors (Lipinski definition) is 3. The lowest BCUT2D eigenvalue weighted by Gasteiger charge is -2.23. The van der Waals surface area contributed by atoms with Gasteiger partial charge in [0.15, 0.2) is 11.5 Å². The van der Waals surface area contributed by atoms with Gasteiger partial charge in [0.05, 0.1) is 0 Å². The van der Waals surface area contributed by atoms with Gasteiger partial charge in [-0.3, -0.25) is 0 Å². The molecule has 1 aromatic rings. The summed E-state index contributed by atoms with van der Waals surface area (Å²) >= 11 is 0. The maximum Gasteiger partial charge on any atom is 0.165 e. The molecule has 1 aliphatic heterocycles. The molecule has 0 saturated heterocycles. The minimum atomic E-state index is 0.593. The third-order valence-corrected chi connectivity index (χ3v) is 3.50. The van der Waals surface area contributed by atoms with Gasteiger partial charge in [0.2, 0.25) is 0 Å². The minimum absolute atomic E-state index is 0.593. The number of allylic oxidation sites excluding steroid dienone is 1. The van der Waals surface area contributed by atoms with Crippen LogP contribution < -0.4 is 14.8 Å². The van der Waals surface area contributed by atoms with Gasteiger partial charge < -0.3 is 14.8 Å². The molecule has 2 aliphatic rings. The molecule has 0 aromatic heterocycles. The van der Waals surface area contributed by atoms with Gasteiger partial charge in [0, 0.05) is 18.2 Å². The molecule has 1 aromatic carbocycles. The molecule has 1 unspecified atom stereocenters. The van der Waals surface area contributed by atoms with E-state index in [1.54, 1.807) is 0 Å². The molecular formula is C15H19NO2. The van der Waals surface area contributed by atoms with Crippen LogP contribution in [0.3, 0.4) is 0 Å². The summed E-state index contributed by atoms with van der Waals surface area (Å²) in [6.07, 6.45) is 8.07. The van der Waals surface area contributed by atoms with Crippen molar-refractivity contribution in [3.63, 3.8) is 0 Å². The van der Waals surface area contributed by atoms with Crippen LogP contribution in [-0.2, 0) is 6.54 Å². The fraction of sp³-hybridized carbons (Fsp3) is 0.467. The van der Waals surface area contributed by atoms with E-state index in [-0.39, 0.29) is 0 Å². The van der Waals surface area contributed by atoms with E-state index in [0.29, 0.717) is 19.3 Å². The predicted molar refractivity (Wildman–Crippen MR) is 71.1 cm³/mol. The first-order chi connectivity index (χ1) is 8.93. The predicted octanol–water partition coefficient (Wildman–Crippen LogP) is 2.66. The van der Waals surface area contributed by atoms with Crippen molar-refractivity contribution in [2.24, 2.45) is 0 Å². The van der Waals surface area contributed by atoms with Gasteiger partial charge in [-0.2, -0.15) is 0 Å². The summed E-state index contributed by atoms with van der Waals surface area (Å²) in [5, 5.41) is 3.60. The van der Waals surface area contributed by atoms with Crippen LogP contribution in [0.4, 0.5) is 0 Å². The molecule has 1 heterocycles. The van der Waals surface area contributed by atoms with Crippen molar-refractivity contribution in [1.82, 2.24) is 5.32 Å². The quantitative estimate of drug-likeness (QED) is 0.830. The first-order valence-electron chi connectivity index (χ1n) is 6.69. The Morgan fingerprint density at radius 1 is 1.17 bits per heavy atom. The molecule has 0 amide bonds.